The van der Waals surface area contributed by atoms with E-state index in [1.165, 1.54) is 0 Å². The van der Waals surface area contributed by atoms with Crippen molar-refractivity contribution in [3.05, 3.63) is 58.9 Å². The van der Waals surface area contributed by atoms with Crippen LogP contribution in [0.25, 0.3) is 16.6 Å². The lowest BCUT2D eigenvalue weighted by atomic mass is 10.2. The number of para-hydroxylation sites is 2. The highest BCUT2D eigenvalue weighted by atomic mass is 32.1. The van der Waals surface area contributed by atoms with Crippen LogP contribution in [-0.4, -0.2) is 9.55 Å². The van der Waals surface area contributed by atoms with Crippen LogP contribution in [0.2, 0.25) is 0 Å². The first kappa shape index (κ1) is 12.3. The number of nitrogens with zero attached hydrogens (tertiary/aromatic N) is 3. The van der Waals surface area contributed by atoms with Gasteiger partial charge in [-0.25, -0.2) is 4.98 Å². The fourth-order valence-electron chi connectivity index (χ4n) is 2.16. The van der Waals surface area contributed by atoms with Crippen LogP contribution in [0, 0.1) is 16.1 Å². The molecule has 0 aliphatic heterocycles. The number of nitrogens with two attached hydrogens (primary N) is 1. The molecule has 5 heteroatoms. The predicted octanol–water partition coefficient (Wildman–Crippen LogP) is 3.21. The van der Waals surface area contributed by atoms with Crippen LogP contribution in [0.1, 0.15) is 5.56 Å². The normalized spacial score (nSPS) is 10.3. The van der Waals surface area contributed by atoms with Crippen LogP contribution in [0.3, 0.4) is 0 Å². The molecule has 20 heavy (non-hydrogen) atoms. The van der Waals surface area contributed by atoms with Gasteiger partial charge in [-0.2, -0.15) is 5.26 Å². The van der Waals surface area contributed by atoms with Gasteiger partial charge in [-0.15, -0.1) is 0 Å². The van der Waals surface area contributed by atoms with E-state index < -0.39 is 0 Å². The lowest BCUT2D eigenvalue weighted by molar-refractivity contribution is 0.990. The Morgan fingerprint density at radius 1 is 1.10 bits per heavy atom. The van der Waals surface area contributed by atoms with Crippen molar-refractivity contribution in [3.8, 4) is 11.8 Å². The summed E-state index contributed by atoms with van der Waals surface area (Å²) in [6, 6.07) is 16.9. The molecule has 1 aromatic heterocycles. The third-order valence-corrected chi connectivity index (χ3v) is 3.37. The Morgan fingerprint density at radius 3 is 2.60 bits per heavy atom. The monoisotopic (exact) mass is 278 g/mol. The summed E-state index contributed by atoms with van der Waals surface area (Å²) >= 11 is 5.32. The van der Waals surface area contributed by atoms with E-state index in [1.807, 2.05) is 30.3 Å². The molecule has 96 valence electrons. The highest BCUT2D eigenvalue weighted by Gasteiger charge is 2.10. The van der Waals surface area contributed by atoms with Crippen LogP contribution in [0.4, 0.5) is 5.82 Å². The standard InChI is InChI=1S/C15H10N4S/c16-9-10-5-1-4-8-13(10)19-14(17)11-6-2-3-7-12(11)18-15(19)20/h1-8H,17H2. The molecule has 4 nitrogen and oxygen atoms in total. The van der Waals surface area contributed by atoms with Crippen molar-refractivity contribution >= 4 is 28.9 Å². The van der Waals surface area contributed by atoms with Crippen molar-refractivity contribution in [1.82, 2.24) is 9.55 Å². The minimum absolute atomic E-state index is 0.337. The molecule has 0 amide bonds. The predicted molar refractivity (Wildman–Crippen MR) is 81.0 cm³/mol. The average Bonchev–Trinajstić information content (AvgIpc) is 2.48. The number of fused-ring (bicyclic) bond motifs is 1. The highest BCUT2D eigenvalue weighted by molar-refractivity contribution is 7.71. The summed E-state index contributed by atoms with van der Waals surface area (Å²) in [6.07, 6.45) is 0. The second-order valence-electron chi connectivity index (χ2n) is 4.26. The van der Waals surface area contributed by atoms with E-state index in [0.29, 0.717) is 21.8 Å². The number of nitrogen functional groups attached to an aromatic ring is 1. The number of hydrogen-bond donors (Lipinski definition) is 1. The van der Waals surface area contributed by atoms with Crippen LogP contribution in [0.15, 0.2) is 48.5 Å². The Bertz CT molecular complexity index is 906. The second-order valence-corrected chi connectivity index (χ2v) is 4.63. The summed E-state index contributed by atoms with van der Waals surface area (Å²) in [7, 11) is 0. The van der Waals surface area contributed by atoms with Crippen LogP contribution in [-0.2, 0) is 0 Å². The molecule has 3 aromatic rings. The van der Waals surface area contributed by atoms with Crippen molar-refractivity contribution in [2.45, 2.75) is 0 Å². The van der Waals surface area contributed by atoms with E-state index in [0.717, 1.165) is 10.9 Å². The summed E-state index contributed by atoms with van der Waals surface area (Å²) < 4.78 is 1.97. The van der Waals surface area contributed by atoms with Crippen molar-refractivity contribution in [1.29, 1.82) is 5.26 Å². The van der Waals surface area contributed by atoms with Crippen molar-refractivity contribution in [3.63, 3.8) is 0 Å². The first-order valence-electron chi connectivity index (χ1n) is 5.99. The van der Waals surface area contributed by atoms with Gasteiger partial charge in [0.05, 0.1) is 16.8 Å². The van der Waals surface area contributed by atoms with Crippen LogP contribution >= 0.6 is 12.2 Å². The zero-order chi connectivity index (χ0) is 14.1. The number of benzene rings is 2. The van der Waals surface area contributed by atoms with E-state index in [2.05, 4.69) is 11.1 Å². The Labute approximate surface area is 120 Å². The highest BCUT2D eigenvalue weighted by Crippen LogP contribution is 2.24. The summed E-state index contributed by atoms with van der Waals surface area (Å²) in [4.78, 5) is 4.38. The lowest BCUT2D eigenvalue weighted by Crippen LogP contribution is -2.08. The van der Waals surface area contributed by atoms with Gasteiger partial charge < -0.3 is 5.73 Å². The van der Waals surface area contributed by atoms with E-state index in [9.17, 15) is 5.26 Å². The second kappa shape index (κ2) is 4.76. The Hall–Kier alpha value is -2.71. The molecule has 0 aliphatic carbocycles. The zero-order valence-corrected chi connectivity index (χ0v) is 11.3. The fourth-order valence-corrected chi connectivity index (χ4v) is 2.46. The third-order valence-electron chi connectivity index (χ3n) is 3.09. The summed E-state index contributed by atoms with van der Waals surface area (Å²) in [6.45, 7) is 0. The van der Waals surface area contributed by atoms with Gasteiger partial charge in [0, 0.05) is 5.39 Å². The number of rotatable bonds is 1. The maximum absolute atomic E-state index is 9.22. The van der Waals surface area contributed by atoms with Crippen molar-refractivity contribution < 1.29 is 0 Å². The number of hydrogen-bond acceptors (Lipinski definition) is 4. The minimum atomic E-state index is 0.337. The molecule has 1 heterocycles. The van der Waals surface area contributed by atoms with E-state index >= 15 is 0 Å². The molecule has 0 fully saturated rings. The van der Waals surface area contributed by atoms with Gasteiger partial charge in [0.15, 0.2) is 0 Å². The SMILES string of the molecule is N#Cc1ccccc1-n1c(N)c2ccccc2nc1=S. The molecule has 0 aliphatic rings. The fraction of sp³-hybridized carbons (Fsp3) is 0. The molecular formula is C15H10N4S. The van der Waals surface area contributed by atoms with E-state index in [-0.39, 0.29) is 0 Å². The molecule has 0 atom stereocenters. The third kappa shape index (κ3) is 1.83. The quantitative estimate of drug-likeness (QED) is 0.694. The van der Waals surface area contributed by atoms with Crippen molar-refractivity contribution in [2.75, 3.05) is 5.73 Å². The Balaban J connectivity index is 2.43. The van der Waals surface area contributed by atoms with Gasteiger partial charge in [0.1, 0.15) is 11.9 Å². The van der Waals surface area contributed by atoms with Crippen molar-refractivity contribution in [2.24, 2.45) is 0 Å². The zero-order valence-electron chi connectivity index (χ0n) is 10.4. The molecule has 0 spiro atoms. The topological polar surface area (TPSA) is 67.6 Å². The van der Waals surface area contributed by atoms with Crippen LogP contribution in [0.5, 0.6) is 0 Å². The van der Waals surface area contributed by atoms with Gasteiger partial charge in [-0.05, 0) is 36.5 Å². The smallest absolute Gasteiger partial charge is 0.206 e. The maximum atomic E-state index is 9.22. The lowest BCUT2D eigenvalue weighted by Gasteiger charge is -2.13. The molecule has 0 saturated heterocycles. The number of nitriles is 1. The van der Waals surface area contributed by atoms with Gasteiger partial charge in [-0.1, -0.05) is 24.3 Å². The number of aromatic nitrogens is 2. The molecule has 0 bridgehead atoms. The molecule has 3 rings (SSSR count). The molecule has 2 N–H and O–H groups in total. The minimum Gasteiger partial charge on any atom is -0.384 e. The number of anilines is 1. The van der Waals surface area contributed by atoms with Gasteiger partial charge >= 0.3 is 0 Å². The Kier molecular flexibility index (Phi) is 2.93. The van der Waals surface area contributed by atoms with E-state index in [1.54, 1.807) is 22.8 Å². The van der Waals surface area contributed by atoms with Crippen LogP contribution < -0.4 is 5.73 Å². The largest absolute Gasteiger partial charge is 0.384 e. The van der Waals surface area contributed by atoms with Gasteiger partial charge in [0.25, 0.3) is 0 Å². The molecule has 0 saturated carbocycles. The molecule has 2 aromatic carbocycles. The first-order valence-corrected chi connectivity index (χ1v) is 6.40. The average molecular weight is 278 g/mol. The summed E-state index contributed by atoms with van der Waals surface area (Å²) in [5.41, 5.74) is 8.13. The van der Waals surface area contributed by atoms with E-state index in [4.69, 9.17) is 18.0 Å². The van der Waals surface area contributed by atoms with Gasteiger partial charge in [0.2, 0.25) is 4.77 Å². The summed E-state index contributed by atoms with van der Waals surface area (Å²) in [5, 5.41) is 10.0. The first-order chi connectivity index (χ1) is 9.72. The molecular weight excluding hydrogens is 268 g/mol. The van der Waals surface area contributed by atoms with Gasteiger partial charge in [-0.3, -0.25) is 4.57 Å². The molecule has 0 unspecified atom stereocenters. The Morgan fingerprint density at radius 2 is 1.80 bits per heavy atom. The summed E-state index contributed by atoms with van der Waals surface area (Å²) in [5.74, 6) is 0.489. The molecule has 0 radical (unpaired) electrons. The maximum Gasteiger partial charge on any atom is 0.206 e.